The fourth-order valence-corrected chi connectivity index (χ4v) is 3.50. The number of hydrogen-bond acceptors (Lipinski definition) is 6. The van der Waals surface area contributed by atoms with Crippen molar-refractivity contribution in [2.75, 3.05) is 26.7 Å². The van der Waals surface area contributed by atoms with Gasteiger partial charge in [-0.25, -0.2) is 0 Å². The number of carbonyl (C=O) groups excluding carboxylic acids is 2. The first-order valence-corrected chi connectivity index (χ1v) is 9.79. The van der Waals surface area contributed by atoms with Gasteiger partial charge < -0.3 is 15.0 Å². The molecule has 2 aromatic rings. The third-order valence-electron chi connectivity index (χ3n) is 5.18. The fraction of sp³-hybridized carbons (Fsp3) is 0.381. The molecule has 9 nitrogen and oxygen atoms in total. The molecular formula is C21H24N4O5. The number of likely N-dealkylation sites (tertiary alicyclic amines) is 1. The van der Waals surface area contributed by atoms with E-state index in [2.05, 4.69) is 10.3 Å². The molecule has 0 radical (unpaired) electrons. The normalized spacial score (nSPS) is 14.2. The highest BCUT2D eigenvalue weighted by molar-refractivity contribution is 5.95. The number of ether oxygens (including phenoxy) is 1. The highest BCUT2D eigenvalue weighted by atomic mass is 16.6. The van der Waals surface area contributed by atoms with Crippen LogP contribution in [0, 0.1) is 16.0 Å². The number of nitrogens with zero attached hydrogens (tertiary/aromatic N) is 3. The first kappa shape index (κ1) is 21.2. The second-order valence-corrected chi connectivity index (χ2v) is 7.07. The van der Waals surface area contributed by atoms with Gasteiger partial charge in [0.15, 0.2) is 5.75 Å². The van der Waals surface area contributed by atoms with E-state index in [1.807, 2.05) is 18.2 Å². The Kier molecular flexibility index (Phi) is 6.95. The van der Waals surface area contributed by atoms with Crippen molar-refractivity contribution in [2.45, 2.75) is 19.3 Å². The van der Waals surface area contributed by atoms with E-state index < -0.39 is 4.92 Å². The largest absolute Gasteiger partial charge is 0.490 e. The summed E-state index contributed by atoms with van der Waals surface area (Å²) in [7, 11) is 1.34. The van der Waals surface area contributed by atoms with Gasteiger partial charge in [0.25, 0.3) is 5.91 Å². The molecule has 1 fully saturated rings. The van der Waals surface area contributed by atoms with Crippen molar-refractivity contribution >= 4 is 17.5 Å². The molecule has 0 saturated carbocycles. The number of nitro groups is 1. The average Bonchev–Trinajstić information content (AvgIpc) is 2.78. The molecule has 0 spiro atoms. The summed E-state index contributed by atoms with van der Waals surface area (Å²) >= 11 is 0. The van der Waals surface area contributed by atoms with E-state index in [9.17, 15) is 19.7 Å². The summed E-state index contributed by atoms with van der Waals surface area (Å²) in [5.41, 5.74) is 0.915. The van der Waals surface area contributed by atoms with Crippen LogP contribution >= 0.6 is 0 Å². The summed E-state index contributed by atoms with van der Waals surface area (Å²) in [6.07, 6.45) is 3.50. The molecule has 0 aliphatic carbocycles. The summed E-state index contributed by atoms with van der Waals surface area (Å²) in [6, 6.07) is 9.85. The Morgan fingerprint density at radius 1 is 1.27 bits per heavy atom. The van der Waals surface area contributed by atoms with Crippen molar-refractivity contribution in [3.8, 4) is 5.75 Å². The van der Waals surface area contributed by atoms with Crippen LogP contribution in [0.15, 0.2) is 42.6 Å². The predicted molar refractivity (Wildman–Crippen MR) is 109 cm³/mol. The highest BCUT2D eigenvalue weighted by Gasteiger charge is 2.28. The molecule has 2 amide bonds. The standard InChI is InChI=1S/C21H24N4O5/c1-30-19-6-5-16(14-18(19)25(28)29)21(27)24-12-8-15(9-13-24)20(26)23-11-7-17-4-2-3-10-22-17/h2-6,10,14-15H,7-9,11-13H2,1H3,(H,23,26). The van der Waals surface area contributed by atoms with Crippen LogP contribution in [0.25, 0.3) is 0 Å². The smallest absolute Gasteiger partial charge is 0.311 e. The maximum absolute atomic E-state index is 12.7. The number of nitrogens with one attached hydrogen (secondary N) is 1. The number of aromatic nitrogens is 1. The summed E-state index contributed by atoms with van der Waals surface area (Å²) in [5, 5.41) is 14.1. The maximum Gasteiger partial charge on any atom is 0.311 e. The van der Waals surface area contributed by atoms with E-state index in [-0.39, 0.29) is 34.7 Å². The van der Waals surface area contributed by atoms with Gasteiger partial charge in [0.05, 0.1) is 12.0 Å². The van der Waals surface area contributed by atoms with Crippen LogP contribution in [0.5, 0.6) is 5.75 Å². The van der Waals surface area contributed by atoms with Crippen molar-refractivity contribution in [1.82, 2.24) is 15.2 Å². The van der Waals surface area contributed by atoms with Crippen LogP contribution in [0.2, 0.25) is 0 Å². The van der Waals surface area contributed by atoms with Gasteiger partial charge in [0.2, 0.25) is 5.91 Å². The van der Waals surface area contributed by atoms with Crippen molar-refractivity contribution in [3.05, 3.63) is 64.0 Å². The molecule has 0 atom stereocenters. The van der Waals surface area contributed by atoms with Crippen LogP contribution in [0.3, 0.4) is 0 Å². The van der Waals surface area contributed by atoms with Crippen molar-refractivity contribution in [3.63, 3.8) is 0 Å². The zero-order valence-corrected chi connectivity index (χ0v) is 16.7. The Morgan fingerprint density at radius 3 is 2.67 bits per heavy atom. The van der Waals surface area contributed by atoms with E-state index in [0.717, 1.165) is 5.69 Å². The lowest BCUT2D eigenvalue weighted by Gasteiger charge is -2.31. The molecule has 1 aliphatic rings. The SMILES string of the molecule is COc1ccc(C(=O)N2CCC(C(=O)NCCc3ccccn3)CC2)cc1[N+](=O)[O-]. The lowest BCUT2D eigenvalue weighted by molar-refractivity contribution is -0.385. The van der Waals surface area contributed by atoms with E-state index >= 15 is 0 Å². The lowest BCUT2D eigenvalue weighted by atomic mass is 9.95. The summed E-state index contributed by atoms with van der Waals surface area (Å²) in [6.45, 7) is 1.37. The summed E-state index contributed by atoms with van der Waals surface area (Å²) < 4.78 is 4.97. The minimum absolute atomic E-state index is 0.0156. The summed E-state index contributed by atoms with van der Waals surface area (Å²) in [5.74, 6) is -0.339. The molecule has 1 aliphatic heterocycles. The average molecular weight is 412 g/mol. The number of rotatable bonds is 7. The fourth-order valence-electron chi connectivity index (χ4n) is 3.50. The molecule has 2 heterocycles. The molecule has 30 heavy (non-hydrogen) atoms. The number of nitro benzene ring substituents is 1. The van der Waals surface area contributed by atoms with E-state index in [1.54, 1.807) is 11.1 Å². The predicted octanol–water partition coefficient (Wildman–Crippen LogP) is 2.21. The molecule has 1 N–H and O–H groups in total. The van der Waals surface area contributed by atoms with E-state index in [4.69, 9.17) is 4.74 Å². The van der Waals surface area contributed by atoms with Gasteiger partial charge in [-0.2, -0.15) is 0 Å². The topological polar surface area (TPSA) is 115 Å². The Bertz CT molecular complexity index is 911. The van der Waals surface area contributed by atoms with Crippen molar-refractivity contribution in [2.24, 2.45) is 5.92 Å². The molecule has 0 bridgehead atoms. The number of methoxy groups -OCH3 is 1. The molecule has 9 heteroatoms. The third kappa shape index (κ3) is 5.11. The van der Waals surface area contributed by atoms with E-state index in [1.165, 1.54) is 25.3 Å². The third-order valence-corrected chi connectivity index (χ3v) is 5.18. The Labute approximate surface area is 174 Å². The van der Waals surface area contributed by atoms with Crippen molar-refractivity contribution in [1.29, 1.82) is 0 Å². The Morgan fingerprint density at radius 2 is 2.03 bits per heavy atom. The van der Waals surface area contributed by atoms with E-state index in [0.29, 0.717) is 38.9 Å². The van der Waals surface area contributed by atoms with Crippen LogP contribution < -0.4 is 10.1 Å². The van der Waals surface area contributed by atoms with Crippen LogP contribution in [0.1, 0.15) is 28.9 Å². The van der Waals surface area contributed by atoms with Gasteiger partial charge in [-0.15, -0.1) is 0 Å². The number of amides is 2. The molecular weight excluding hydrogens is 388 g/mol. The number of piperidine rings is 1. The molecule has 1 aromatic heterocycles. The first-order valence-electron chi connectivity index (χ1n) is 9.79. The van der Waals surface area contributed by atoms with Crippen LogP contribution in [0.4, 0.5) is 5.69 Å². The maximum atomic E-state index is 12.7. The second kappa shape index (κ2) is 9.82. The van der Waals surface area contributed by atoms with Gasteiger partial charge in [-0.05, 0) is 37.1 Å². The Balaban J connectivity index is 1.51. The van der Waals surface area contributed by atoms with Crippen molar-refractivity contribution < 1.29 is 19.2 Å². The molecule has 1 aromatic carbocycles. The summed E-state index contributed by atoms with van der Waals surface area (Å²) in [4.78, 5) is 41.6. The lowest BCUT2D eigenvalue weighted by Crippen LogP contribution is -2.43. The number of hydrogen-bond donors (Lipinski definition) is 1. The number of pyridine rings is 1. The van der Waals surface area contributed by atoms with Gasteiger partial charge >= 0.3 is 5.69 Å². The molecule has 3 rings (SSSR count). The minimum Gasteiger partial charge on any atom is -0.490 e. The van der Waals surface area contributed by atoms with Crippen LogP contribution in [-0.4, -0.2) is 53.4 Å². The molecule has 0 unspecified atom stereocenters. The van der Waals surface area contributed by atoms with Gasteiger partial charge in [0.1, 0.15) is 0 Å². The van der Waals surface area contributed by atoms with Gasteiger partial charge in [0, 0.05) is 55.5 Å². The van der Waals surface area contributed by atoms with Gasteiger partial charge in [-0.3, -0.25) is 24.7 Å². The Hall–Kier alpha value is -3.49. The molecule has 1 saturated heterocycles. The molecule has 158 valence electrons. The number of carbonyl (C=O) groups is 2. The quantitative estimate of drug-likeness (QED) is 0.551. The zero-order chi connectivity index (χ0) is 21.5. The second-order valence-electron chi connectivity index (χ2n) is 7.07. The van der Waals surface area contributed by atoms with Gasteiger partial charge in [-0.1, -0.05) is 6.07 Å². The minimum atomic E-state index is -0.572. The number of benzene rings is 1. The monoisotopic (exact) mass is 412 g/mol. The highest BCUT2D eigenvalue weighted by Crippen LogP contribution is 2.28. The first-order chi connectivity index (χ1) is 14.5. The van der Waals surface area contributed by atoms with Crippen LogP contribution in [-0.2, 0) is 11.2 Å². The zero-order valence-electron chi connectivity index (χ0n) is 16.7.